The average molecular weight is 373 g/mol. The summed E-state index contributed by atoms with van der Waals surface area (Å²) in [5, 5.41) is 4.79. The molecular weight excluding hydrogens is 354 g/mol. The molecule has 0 saturated heterocycles. The molecule has 0 aliphatic heterocycles. The third-order valence-electron chi connectivity index (χ3n) is 3.38. The molecule has 136 valence electrons. The maximum absolute atomic E-state index is 12.6. The number of hydrogen-bond donors (Lipinski definition) is 3. The summed E-state index contributed by atoms with van der Waals surface area (Å²) in [6.45, 7) is 1.72. The highest BCUT2D eigenvalue weighted by molar-refractivity contribution is 8.00. The highest BCUT2D eigenvalue weighted by Gasteiger charge is 2.19. The lowest BCUT2D eigenvalue weighted by Crippen LogP contribution is -2.19. The SMILES string of the molecule is COC(=O)[C@H](C)Sc1ccccc1C(=O)Nc1ccc(NC(N)=O)cc1. The van der Waals surface area contributed by atoms with E-state index >= 15 is 0 Å². The summed E-state index contributed by atoms with van der Waals surface area (Å²) in [4.78, 5) is 35.7. The third kappa shape index (κ3) is 5.25. The molecule has 2 rings (SSSR count). The monoisotopic (exact) mass is 373 g/mol. The molecule has 0 bridgehead atoms. The maximum Gasteiger partial charge on any atom is 0.318 e. The van der Waals surface area contributed by atoms with Crippen molar-refractivity contribution in [3.05, 3.63) is 54.1 Å². The molecular formula is C18H19N3O4S. The second kappa shape index (κ2) is 8.91. The molecule has 3 amide bonds. The zero-order valence-electron chi connectivity index (χ0n) is 14.3. The molecule has 0 spiro atoms. The zero-order chi connectivity index (χ0) is 19.1. The molecule has 4 N–H and O–H groups in total. The quantitative estimate of drug-likeness (QED) is 0.532. The standard InChI is InChI=1S/C18H19N3O4S/c1-11(17(23)25-2)26-15-6-4-3-5-14(15)16(22)20-12-7-9-13(10-8-12)21-18(19)24/h3-11H,1-2H3,(H,20,22)(H3,19,21,24)/t11-/m0/s1. The topological polar surface area (TPSA) is 111 Å². The van der Waals surface area contributed by atoms with Crippen molar-refractivity contribution in [2.24, 2.45) is 5.73 Å². The maximum atomic E-state index is 12.6. The van der Waals surface area contributed by atoms with Gasteiger partial charge in [-0.1, -0.05) is 12.1 Å². The minimum atomic E-state index is -0.660. The second-order valence-corrected chi connectivity index (χ2v) is 6.68. The smallest absolute Gasteiger partial charge is 0.318 e. The van der Waals surface area contributed by atoms with E-state index in [1.165, 1.54) is 18.9 Å². The average Bonchev–Trinajstić information content (AvgIpc) is 2.62. The van der Waals surface area contributed by atoms with Gasteiger partial charge in [-0.05, 0) is 43.3 Å². The summed E-state index contributed by atoms with van der Waals surface area (Å²) in [5.74, 6) is -0.663. The first-order chi connectivity index (χ1) is 12.4. The van der Waals surface area contributed by atoms with Crippen molar-refractivity contribution in [2.75, 3.05) is 17.7 Å². The van der Waals surface area contributed by atoms with Gasteiger partial charge in [0.1, 0.15) is 5.25 Å². The van der Waals surface area contributed by atoms with Gasteiger partial charge in [-0.15, -0.1) is 11.8 Å². The van der Waals surface area contributed by atoms with E-state index < -0.39 is 11.3 Å². The molecule has 1 atom stereocenters. The van der Waals surface area contributed by atoms with Crippen LogP contribution in [-0.2, 0) is 9.53 Å². The number of thioether (sulfide) groups is 1. The summed E-state index contributed by atoms with van der Waals surface area (Å²) in [6.07, 6.45) is 0. The van der Waals surface area contributed by atoms with Crippen LogP contribution in [0.4, 0.5) is 16.2 Å². The number of rotatable bonds is 6. The summed E-state index contributed by atoms with van der Waals surface area (Å²) in [5.41, 5.74) is 6.59. The molecule has 0 saturated carbocycles. The van der Waals surface area contributed by atoms with Gasteiger partial charge in [-0.3, -0.25) is 9.59 Å². The molecule has 0 radical (unpaired) electrons. The van der Waals surface area contributed by atoms with Crippen LogP contribution in [-0.4, -0.2) is 30.3 Å². The summed E-state index contributed by atoms with van der Waals surface area (Å²) >= 11 is 1.25. The molecule has 26 heavy (non-hydrogen) atoms. The van der Waals surface area contributed by atoms with Gasteiger partial charge in [-0.25, -0.2) is 4.79 Å². The molecule has 8 heteroatoms. The molecule has 2 aromatic carbocycles. The number of methoxy groups -OCH3 is 1. The van der Waals surface area contributed by atoms with E-state index in [4.69, 9.17) is 10.5 Å². The number of urea groups is 1. The Kier molecular flexibility index (Phi) is 6.62. The van der Waals surface area contributed by atoms with E-state index in [1.54, 1.807) is 55.5 Å². The van der Waals surface area contributed by atoms with Crippen LogP contribution in [0, 0.1) is 0 Å². The van der Waals surface area contributed by atoms with Crippen molar-refractivity contribution in [3.8, 4) is 0 Å². The van der Waals surface area contributed by atoms with Gasteiger partial charge in [0.25, 0.3) is 5.91 Å². The Morgan fingerprint density at radius 3 is 2.15 bits per heavy atom. The minimum absolute atomic E-state index is 0.305. The van der Waals surface area contributed by atoms with Crippen molar-refractivity contribution < 1.29 is 19.1 Å². The molecule has 0 fully saturated rings. The Labute approximate surface area is 155 Å². The fourth-order valence-corrected chi connectivity index (χ4v) is 3.16. The van der Waals surface area contributed by atoms with E-state index in [1.807, 2.05) is 0 Å². The largest absolute Gasteiger partial charge is 0.468 e. The van der Waals surface area contributed by atoms with Crippen molar-refractivity contribution in [3.63, 3.8) is 0 Å². The number of ether oxygens (including phenoxy) is 1. The fourth-order valence-electron chi connectivity index (χ4n) is 2.14. The van der Waals surface area contributed by atoms with Gasteiger partial charge >= 0.3 is 12.0 Å². The van der Waals surface area contributed by atoms with Crippen LogP contribution in [0.5, 0.6) is 0 Å². The Balaban J connectivity index is 2.12. The zero-order valence-corrected chi connectivity index (χ0v) is 15.1. The van der Waals surface area contributed by atoms with E-state index in [-0.39, 0.29) is 11.9 Å². The van der Waals surface area contributed by atoms with Crippen molar-refractivity contribution in [1.29, 1.82) is 0 Å². The van der Waals surface area contributed by atoms with Crippen LogP contribution in [0.15, 0.2) is 53.4 Å². The lowest BCUT2D eigenvalue weighted by molar-refractivity contribution is -0.139. The van der Waals surface area contributed by atoms with Crippen molar-refractivity contribution in [1.82, 2.24) is 0 Å². The van der Waals surface area contributed by atoms with E-state index in [0.29, 0.717) is 21.8 Å². The number of primary amides is 1. The summed E-state index contributed by atoms with van der Waals surface area (Å²) in [7, 11) is 1.33. The van der Waals surface area contributed by atoms with E-state index in [2.05, 4.69) is 10.6 Å². The number of nitrogens with two attached hydrogens (primary N) is 1. The number of benzene rings is 2. The molecule has 0 unspecified atom stereocenters. The van der Waals surface area contributed by atoms with Crippen LogP contribution in [0.25, 0.3) is 0 Å². The predicted octanol–water partition coefficient (Wildman–Crippen LogP) is 3.08. The Hall–Kier alpha value is -3.00. The number of carbonyl (C=O) groups is 3. The number of hydrogen-bond acceptors (Lipinski definition) is 5. The Bertz CT molecular complexity index is 808. The lowest BCUT2D eigenvalue weighted by atomic mass is 10.2. The van der Waals surface area contributed by atoms with Crippen LogP contribution in [0.3, 0.4) is 0 Å². The first-order valence-corrected chi connectivity index (χ1v) is 8.60. The van der Waals surface area contributed by atoms with Gasteiger partial charge in [0, 0.05) is 16.3 Å². The number of amides is 3. The van der Waals surface area contributed by atoms with Crippen LogP contribution < -0.4 is 16.4 Å². The van der Waals surface area contributed by atoms with Gasteiger partial charge in [-0.2, -0.15) is 0 Å². The molecule has 0 aliphatic carbocycles. The van der Waals surface area contributed by atoms with Gasteiger partial charge in [0.2, 0.25) is 0 Å². The van der Waals surface area contributed by atoms with Crippen LogP contribution in [0.1, 0.15) is 17.3 Å². The van der Waals surface area contributed by atoms with Crippen molar-refractivity contribution >= 4 is 41.0 Å². The number of nitrogens with one attached hydrogen (secondary N) is 2. The number of carbonyl (C=O) groups excluding carboxylic acids is 3. The van der Waals surface area contributed by atoms with Gasteiger partial charge < -0.3 is 21.1 Å². The summed E-state index contributed by atoms with van der Waals surface area (Å²) < 4.78 is 4.72. The van der Waals surface area contributed by atoms with Crippen LogP contribution in [0.2, 0.25) is 0 Å². The molecule has 7 nitrogen and oxygen atoms in total. The number of anilines is 2. The third-order valence-corrected chi connectivity index (χ3v) is 4.53. The fraction of sp³-hybridized carbons (Fsp3) is 0.167. The molecule has 0 aromatic heterocycles. The van der Waals surface area contributed by atoms with Gasteiger partial charge in [0.15, 0.2) is 0 Å². The molecule has 0 aliphatic rings. The first kappa shape index (κ1) is 19.3. The number of esters is 1. The Morgan fingerprint density at radius 1 is 1.00 bits per heavy atom. The Morgan fingerprint density at radius 2 is 1.58 bits per heavy atom. The lowest BCUT2D eigenvalue weighted by Gasteiger charge is -2.13. The summed E-state index contributed by atoms with van der Waals surface area (Å²) in [6, 6.07) is 12.9. The predicted molar refractivity (Wildman–Crippen MR) is 101 cm³/mol. The second-order valence-electron chi connectivity index (χ2n) is 5.30. The van der Waals surface area contributed by atoms with E-state index in [0.717, 1.165) is 0 Å². The first-order valence-electron chi connectivity index (χ1n) is 7.72. The highest BCUT2D eigenvalue weighted by Crippen LogP contribution is 2.28. The highest BCUT2D eigenvalue weighted by atomic mass is 32.2. The van der Waals surface area contributed by atoms with Gasteiger partial charge in [0.05, 0.1) is 12.7 Å². The minimum Gasteiger partial charge on any atom is -0.468 e. The molecule has 2 aromatic rings. The van der Waals surface area contributed by atoms with Crippen molar-refractivity contribution in [2.45, 2.75) is 17.1 Å². The molecule has 0 heterocycles. The van der Waals surface area contributed by atoms with Crippen LogP contribution >= 0.6 is 11.8 Å². The van der Waals surface area contributed by atoms with E-state index in [9.17, 15) is 14.4 Å². The normalized spacial score (nSPS) is 11.3.